The molecule has 7 nitrogen and oxygen atoms in total. The Morgan fingerprint density at radius 1 is 0.944 bits per heavy atom. The molecule has 2 aromatic carbocycles. The summed E-state index contributed by atoms with van der Waals surface area (Å²) in [6, 6.07) is 11.6. The number of aromatic nitrogens is 2. The molecule has 192 valence electrons. The minimum atomic E-state index is 0.175. The first kappa shape index (κ1) is 23.6. The molecule has 3 aromatic rings. The summed E-state index contributed by atoms with van der Waals surface area (Å²) in [5.41, 5.74) is 12.8. The zero-order valence-corrected chi connectivity index (χ0v) is 21.5. The Hall–Kier alpha value is -2.77. The summed E-state index contributed by atoms with van der Waals surface area (Å²) < 4.78 is 12.1. The summed E-state index contributed by atoms with van der Waals surface area (Å²) in [4.78, 5) is 5.18. The molecule has 3 heterocycles. The second-order valence-corrected chi connectivity index (χ2v) is 10.7. The molecule has 3 fully saturated rings. The smallest absolute Gasteiger partial charge is 0.131 e. The molecule has 6 rings (SSSR count). The van der Waals surface area contributed by atoms with Gasteiger partial charge in [-0.1, -0.05) is 25.3 Å². The van der Waals surface area contributed by atoms with Gasteiger partial charge < -0.3 is 20.1 Å². The molecule has 0 spiro atoms. The highest BCUT2D eigenvalue weighted by Gasteiger charge is 2.26. The fourth-order valence-electron chi connectivity index (χ4n) is 6.28. The number of hydrogen-bond acceptors (Lipinski definition) is 6. The number of H-pyrrole nitrogens is 1. The van der Waals surface area contributed by atoms with Gasteiger partial charge in [-0.05, 0) is 55.2 Å². The van der Waals surface area contributed by atoms with Crippen LogP contribution in [-0.2, 0) is 4.74 Å². The number of anilines is 2. The molecule has 0 radical (unpaired) electrons. The molecule has 2 aliphatic heterocycles. The molecule has 1 aromatic heterocycles. The second-order valence-electron chi connectivity index (χ2n) is 10.7. The molecule has 0 unspecified atom stereocenters. The number of ether oxygens (including phenoxy) is 2. The van der Waals surface area contributed by atoms with Crippen molar-refractivity contribution in [2.75, 3.05) is 50.0 Å². The first-order valence-electron chi connectivity index (χ1n) is 13.8. The third-order valence-corrected chi connectivity index (χ3v) is 8.38. The molecular weight excluding hydrogens is 450 g/mol. The Morgan fingerprint density at radius 3 is 2.50 bits per heavy atom. The highest BCUT2D eigenvalue weighted by atomic mass is 16.5. The van der Waals surface area contributed by atoms with Crippen LogP contribution in [0.2, 0.25) is 0 Å². The van der Waals surface area contributed by atoms with Crippen molar-refractivity contribution in [2.45, 2.75) is 64.0 Å². The van der Waals surface area contributed by atoms with Gasteiger partial charge in [0.2, 0.25) is 0 Å². The van der Waals surface area contributed by atoms with Crippen LogP contribution in [0.4, 0.5) is 11.4 Å². The maximum Gasteiger partial charge on any atom is 0.131 e. The summed E-state index contributed by atoms with van der Waals surface area (Å²) in [6.45, 7) is 7.85. The van der Waals surface area contributed by atoms with E-state index in [0.717, 1.165) is 103 Å². The van der Waals surface area contributed by atoms with E-state index >= 15 is 0 Å². The van der Waals surface area contributed by atoms with Gasteiger partial charge in [-0.15, -0.1) is 0 Å². The van der Waals surface area contributed by atoms with E-state index in [9.17, 15) is 0 Å². The predicted octanol–water partition coefficient (Wildman–Crippen LogP) is 5.13. The summed E-state index contributed by atoms with van der Waals surface area (Å²) in [7, 11) is 0. The number of nitrogens with zero attached hydrogens (tertiary/aromatic N) is 3. The summed E-state index contributed by atoms with van der Waals surface area (Å²) in [6.07, 6.45) is 8.93. The van der Waals surface area contributed by atoms with Gasteiger partial charge in [-0.3, -0.25) is 10.00 Å². The number of rotatable bonds is 5. The molecule has 36 heavy (non-hydrogen) atoms. The standard InChI is InChI=1S/C29H39N5O2/c1-20-29-26(32-31-20)17-22(19-28(29)36-24-9-15-35-16-10-24)21-7-8-25(30)27(18-21)34-13-11-33(12-14-34)23-5-3-2-4-6-23/h7-8,17-19,23-24H,2-6,9-16,30H2,1H3,(H,31,32). The SMILES string of the molecule is Cc1n[nH]c2cc(-c3ccc(N)c(N4CCN(C5CCCCC5)CC4)c3)cc(OC3CCOCC3)c12. The molecule has 3 aliphatic rings. The zero-order chi connectivity index (χ0) is 24.5. The highest BCUT2D eigenvalue weighted by molar-refractivity contribution is 5.92. The van der Waals surface area contributed by atoms with Crippen molar-refractivity contribution in [3.63, 3.8) is 0 Å². The van der Waals surface area contributed by atoms with Gasteiger partial charge in [0.05, 0.1) is 41.2 Å². The largest absolute Gasteiger partial charge is 0.489 e. The van der Waals surface area contributed by atoms with E-state index in [-0.39, 0.29) is 6.10 Å². The zero-order valence-electron chi connectivity index (χ0n) is 21.5. The monoisotopic (exact) mass is 489 g/mol. The fourth-order valence-corrected chi connectivity index (χ4v) is 6.28. The van der Waals surface area contributed by atoms with Crippen LogP contribution in [0.5, 0.6) is 5.75 Å². The lowest BCUT2D eigenvalue weighted by molar-refractivity contribution is 0.0262. The Morgan fingerprint density at radius 2 is 1.72 bits per heavy atom. The van der Waals surface area contributed by atoms with E-state index in [1.165, 1.54) is 32.1 Å². The molecule has 0 bridgehead atoms. The lowest BCUT2D eigenvalue weighted by Crippen LogP contribution is -2.51. The number of benzene rings is 2. The highest BCUT2D eigenvalue weighted by Crippen LogP contribution is 2.37. The molecule has 0 amide bonds. The average molecular weight is 490 g/mol. The van der Waals surface area contributed by atoms with Gasteiger partial charge in [0, 0.05) is 45.1 Å². The Kier molecular flexibility index (Phi) is 6.76. The maximum atomic E-state index is 6.53. The van der Waals surface area contributed by atoms with Crippen LogP contribution in [0.25, 0.3) is 22.0 Å². The minimum Gasteiger partial charge on any atom is -0.489 e. The van der Waals surface area contributed by atoms with E-state index in [2.05, 4.69) is 50.3 Å². The van der Waals surface area contributed by atoms with Gasteiger partial charge in [0.15, 0.2) is 0 Å². The molecule has 2 saturated heterocycles. The lowest BCUT2D eigenvalue weighted by atomic mass is 9.93. The Bertz CT molecular complexity index is 1190. The average Bonchev–Trinajstić information content (AvgIpc) is 3.31. The van der Waals surface area contributed by atoms with Crippen molar-refractivity contribution >= 4 is 22.3 Å². The van der Waals surface area contributed by atoms with Gasteiger partial charge in [0.25, 0.3) is 0 Å². The third-order valence-electron chi connectivity index (χ3n) is 8.38. The van der Waals surface area contributed by atoms with Crippen LogP contribution < -0.4 is 15.4 Å². The number of aromatic amines is 1. The number of fused-ring (bicyclic) bond motifs is 1. The van der Waals surface area contributed by atoms with Crippen molar-refractivity contribution in [2.24, 2.45) is 0 Å². The van der Waals surface area contributed by atoms with Crippen LogP contribution in [0.1, 0.15) is 50.6 Å². The van der Waals surface area contributed by atoms with Gasteiger partial charge >= 0.3 is 0 Å². The summed E-state index contributed by atoms with van der Waals surface area (Å²) >= 11 is 0. The molecule has 0 atom stereocenters. The minimum absolute atomic E-state index is 0.175. The number of piperazine rings is 1. The van der Waals surface area contributed by atoms with Crippen LogP contribution in [0.3, 0.4) is 0 Å². The van der Waals surface area contributed by atoms with E-state index in [4.69, 9.17) is 15.2 Å². The van der Waals surface area contributed by atoms with Crippen molar-refractivity contribution in [3.8, 4) is 16.9 Å². The molecule has 1 aliphatic carbocycles. The molecular formula is C29H39N5O2. The van der Waals surface area contributed by atoms with Gasteiger partial charge in [-0.2, -0.15) is 5.10 Å². The predicted molar refractivity (Wildman–Crippen MR) is 146 cm³/mol. The second kappa shape index (κ2) is 10.3. The van der Waals surface area contributed by atoms with Crippen LogP contribution >= 0.6 is 0 Å². The Labute approximate surface area is 213 Å². The van der Waals surface area contributed by atoms with Crippen molar-refractivity contribution in [3.05, 3.63) is 36.0 Å². The molecule has 3 N–H and O–H groups in total. The van der Waals surface area contributed by atoms with Crippen LogP contribution in [0.15, 0.2) is 30.3 Å². The van der Waals surface area contributed by atoms with Crippen LogP contribution in [-0.4, -0.2) is 66.6 Å². The summed E-state index contributed by atoms with van der Waals surface area (Å²) in [5, 5.41) is 8.75. The first-order chi connectivity index (χ1) is 17.7. The van der Waals surface area contributed by atoms with E-state index in [0.29, 0.717) is 0 Å². The number of nitrogens with two attached hydrogens (primary N) is 1. The van der Waals surface area contributed by atoms with Crippen LogP contribution in [0, 0.1) is 6.92 Å². The first-order valence-corrected chi connectivity index (χ1v) is 13.8. The number of nitrogen functional groups attached to an aromatic ring is 1. The molecule has 1 saturated carbocycles. The maximum absolute atomic E-state index is 6.53. The number of hydrogen-bond donors (Lipinski definition) is 2. The Balaban J connectivity index is 1.25. The third kappa shape index (κ3) is 4.78. The van der Waals surface area contributed by atoms with Gasteiger partial charge in [-0.25, -0.2) is 0 Å². The van der Waals surface area contributed by atoms with E-state index in [1.54, 1.807) is 0 Å². The number of nitrogens with one attached hydrogen (secondary N) is 1. The fraction of sp³-hybridized carbons (Fsp3) is 0.552. The molecule has 7 heteroatoms. The van der Waals surface area contributed by atoms with Crippen molar-refractivity contribution in [1.82, 2.24) is 15.1 Å². The lowest BCUT2D eigenvalue weighted by Gasteiger charge is -2.42. The van der Waals surface area contributed by atoms with E-state index in [1.807, 2.05) is 6.92 Å². The van der Waals surface area contributed by atoms with Gasteiger partial charge in [0.1, 0.15) is 11.9 Å². The van der Waals surface area contributed by atoms with Crippen molar-refractivity contribution in [1.29, 1.82) is 0 Å². The van der Waals surface area contributed by atoms with Crippen molar-refractivity contribution < 1.29 is 9.47 Å². The quantitative estimate of drug-likeness (QED) is 0.484. The summed E-state index contributed by atoms with van der Waals surface area (Å²) in [5.74, 6) is 0.903. The van der Waals surface area contributed by atoms with E-state index < -0.39 is 0 Å². The number of aryl methyl sites for hydroxylation is 1. The topological polar surface area (TPSA) is 79.6 Å². The normalized spacial score (nSPS) is 20.8.